The summed E-state index contributed by atoms with van der Waals surface area (Å²) in [5.74, 6) is -1.48. The molecule has 54 heavy (non-hydrogen) atoms. The van der Waals surface area contributed by atoms with E-state index in [0.29, 0.717) is 81.9 Å². The Labute approximate surface area is 318 Å². The molecule has 0 unspecified atom stereocenters. The van der Waals surface area contributed by atoms with Gasteiger partial charge in [0, 0.05) is 47.9 Å². The SMILES string of the molecule is COC(=O)CCCCN1C(=O)[C@]2(O[C@H](CC(=O)N3CCC[C@H]3CO)[C@@H]([Si](C)(C)F)[C@@H]2C)c2cc(N3CN(c4ccccc4)C4(CCNCC4)C3=O)ccc21. The molecule has 0 bridgehead atoms. The van der Waals surface area contributed by atoms with Crippen molar-refractivity contribution in [3.63, 3.8) is 0 Å². The van der Waals surface area contributed by atoms with Crippen LogP contribution in [0.3, 0.4) is 0 Å². The molecule has 0 saturated carbocycles. The lowest BCUT2D eigenvalue weighted by molar-refractivity contribution is -0.150. The number of aliphatic hydroxyl groups is 1. The summed E-state index contributed by atoms with van der Waals surface area (Å²) in [7, 11) is -2.22. The monoisotopic (exact) mass is 763 g/mol. The molecule has 5 atom stereocenters. The Hall–Kier alpha value is -3.85. The van der Waals surface area contributed by atoms with E-state index in [4.69, 9.17) is 9.47 Å². The van der Waals surface area contributed by atoms with Gasteiger partial charge in [-0.3, -0.25) is 24.1 Å². The lowest BCUT2D eigenvalue weighted by atomic mass is 9.82. The van der Waals surface area contributed by atoms with E-state index in [9.17, 15) is 24.3 Å². The highest BCUT2D eigenvalue weighted by Gasteiger charge is 2.67. The summed E-state index contributed by atoms with van der Waals surface area (Å²) in [6, 6.07) is 15.3. The minimum atomic E-state index is -3.56. The van der Waals surface area contributed by atoms with Crippen LogP contribution in [-0.4, -0.2) is 106 Å². The molecule has 4 saturated heterocycles. The molecule has 3 amide bonds. The predicted octanol–water partition coefficient (Wildman–Crippen LogP) is 4.46. The van der Waals surface area contributed by atoms with Crippen LogP contribution in [0, 0.1) is 5.92 Å². The topological polar surface area (TPSA) is 132 Å². The van der Waals surface area contributed by atoms with Crippen LogP contribution in [0.15, 0.2) is 48.5 Å². The molecule has 2 spiro atoms. The normalized spacial score (nSPS) is 27.8. The van der Waals surface area contributed by atoms with E-state index < -0.39 is 37.1 Å². The highest BCUT2D eigenvalue weighted by Crippen LogP contribution is 2.61. The van der Waals surface area contributed by atoms with E-state index in [1.54, 1.807) is 27.8 Å². The maximum atomic E-state index is 16.6. The third-order valence-electron chi connectivity index (χ3n) is 12.7. The van der Waals surface area contributed by atoms with E-state index in [1.165, 1.54) is 7.11 Å². The number of unbranched alkanes of at least 4 members (excludes halogenated alkanes) is 1. The average molecular weight is 764 g/mol. The molecule has 12 nitrogen and oxygen atoms in total. The summed E-state index contributed by atoms with van der Waals surface area (Å²) in [5.41, 5.74) is -0.220. The number of halogens is 1. The van der Waals surface area contributed by atoms with E-state index in [2.05, 4.69) is 10.2 Å². The van der Waals surface area contributed by atoms with Crippen molar-refractivity contribution in [3.05, 3.63) is 54.1 Å². The molecule has 5 aliphatic rings. The Morgan fingerprint density at radius 3 is 2.48 bits per heavy atom. The number of nitrogens with zero attached hydrogens (tertiary/aromatic N) is 4. The molecule has 5 heterocycles. The van der Waals surface area contributed by atoms with Crippen molar-refractivity contribution in [3.8, 4) is 0 Å². The van der Waals surface area contributed by atoms with E-state index in [-0.39, 0.29) is 49.2 Å². The fourth-order valence-corrected chi connectivity index (χ4v) is 12.6. The number of carbonyl (C=O) groups is 4. The number of fused-ring (bicyclic) bond motifs is 2. The average Bonchev–Trinajstić information content (AvgIpc) is 3.89. The number of methoxy groups -OCH3 is 1. The number of ether oxygens (including phenoxy) is 2. The molecule has 2 aromatic carbocycles. The second-order valence-corrected chi connectivity index (χ2v) is 19.9. The first kappa shape index (κ1) is 38.4. The highest BCUT2D eigenvalue weighted by atomic mass is 28.4. The third-order valence-corrected chi connectivity index (χ3v) is 15.2. The van der Waals surface area contributed by atoms with Crippen molar-refractivity contribution in [1.29, 1.82) is 0 Å². The second-order valence-electron chi connectivity index (χ2n) is 16.2. The zero-order valence-corrected chi connectivity index (χ0v) is 32.9. The Morgan fingerprint density at radius 1 is 1.06 bits per heavy atom. The number of para-hydroxylation sites is 1. The minimum absolute atomic E-state index is 0.00562. The lowest BCUT2D eigenvalue weighted by Gasteiger charge is -2.39. The number of aliphatic hydroxyl groups excluding tert-OH is 1. The van der Waals surface area contributed by atoms with Crippen molar-refractivity contribution in [2.24, 2.45) is 5.92 Å². The lowest BCUT2D eigenvalue weighted by Crippen LogP contribution is -2.55. The van der Waals surface area contributed by atoms with E-state index >= 15 is 4.11 Å². The van der Waals surface area contributed by atoms with Gasteiger partial charge in [-0.25, -0.2) is 0 Å². The van der Waals surface area contributed by atoms with Crippen LogP contribution in [0.25, 0.3) is 0 Å². The molecule has 0 aromatic heterocycles. The van der Waals surface area contributed by atoms with Crippen LogP contribution >= 0.6 is 0 Å². The summed E-state index contributed by atoms with van der Waals surface area (Å²) >= 11 is 0. The Morgan fingerprint density at radius 2 is 1.80 bits per heavy atom. The third kappa shape index (κ3) is 6.42. The molecule has 2 N–H and O–H groups in total. The summed E-state index contributed by atoms with van der Waals surface area (Å²) < 4.78 is 28.4. The number of amides is 3. The molecular formula is C40H54FN5O7Si. The van der Waals surface area contributed by atoms with Crippen molar-refractivity contribution in [1.82, 2.24) is 10.2 Å². The number of piperidine rings is 1. The van der Waals surface area contributed by atoms with Crippen molar-refractivity contribution in [2.75, 3.05) is 61.3 Å². The van der Waals surface area contributed by atoms with Gasteiger partial charge in [-0.15, -0.1) is 0 Å². The van der Waals surface area contributed by atoms with E-state index in [1.807, 2.05) is 55.5 Å². The van der Waals surface area contributed by atoms with Gasteiger partial charge < -0.3 is 38.7 Å². The quantitative estimate of drug-likeness (QED) is 0.148. The fraction of sp³-hybridized carbons (Fsp3) is 0.600. The Kier molecular flexibility index (Phi) is 10.7. The summed E-state index contributed by atoms with van der Waals surface area (Å²) in [4.78, 5) is 62.7. The maximum Gasteiger partial charge on any atom is 0.305 e. The van der Waals surface area contributed by atoms with Crippen LogP contribution in [-0.2, 0) is 34.3 Å². The number of benzene rings is 2. The minimum Gasteiger partial charge on any atom is -0.469 e. The standard InChI is InChI=1S/C40H54FN5O7Si/c1-27-36(54(3,4)41)33(24-34(48)43-22-10-13-30(43)25-47)53-40(27)31-23-29(15-16-32(31)44(38(40)51)21-9-8-14-35(49)52-2)45-26-46(28-11-6-5-7-12-28)39(37(45)50)17-19-42-20-18-39/h5-7,11-12,15-16,23,27,30,33,36,42,47H,8-10,13-14,17-22,24-26H2,1-4H3/t27-,30-,33+,36-,40+/m0/s1. The molecule has 5 aliphatic heterocycles. The first-order valence-electron chi connectivity index (χ1n) is 19.5. The van der Waals surface area contributed by atoms with Gasteiger partial charge in [-0.05, 0) is 95.0 Å². The number of hydrogen-bond donors (Lipinski definition) is 2. The van der Waals surface area contributed by atoms with Crippen LogP contribution < -0.4 is 20.0 Å². The zero-order chi connectivity index (χ0) is 38.4. The van der Waals surface area contributed by atoms with Gasteiger partial charge >= 0.3 is 5.97 Å². The predicted molar refractivity (Wildman–Crippen MR) is 205 cm³/mol. The van der Waals surface area contributed by atoms with Crippen LogP contribution in [0.5, 0.6) is 0 Å². The molecule has 0 radical (unpaired) electrons. The summed E-state index contributed by atoms with van der Waals surface area (Å²) in [6.45, 7) is 7.52. The van der Waals surface area contributed by atoms with Crippen molar-refractivity contribution in [2.45, 2.75) is 100 Å². The van der Waals surface area contributed by atoms with Gasteiger partial charge in [-0.1, -0.05) is 25.1 Å². The van der Waals surface area contributed by atoms with Crippen molar-refractivity contribution < 1.29 is 37.9 Å². The number of carbonyl (C=O) groups excluding carboxylic acids is 4. The smallest absolute Gasteiger partial charge is 0.305 e. The number of rotatable bonds is 11. The number of nitrogens with one attached hydrogen (secondary N) is 1. The largest absolute Gasteiger partial charge is 0.469 e. The molecule has 7 rings (SSSR count). The molecule has 4 fully saturated rings. The van der Waals surface area contributed by atoms with Crippen molar-refractivity contribution >= 4 is 49.2 Å². The molecule has 292 valence electrons. The highest BCUT2D eigenvalue weighted by molar-refractivity contribution is 6.72. The Bertz CT molecular complexity index is 1750. The maximum absolute atomic E-state index is 16.6. The van der Waals surface area contributed by atoms with Gasteiger partial charge in [0.2, 0.25) is 14.3 Å². The first-order valence-corrected chi connectivity index (χ1v) is 22.5. The number of esters is 1. The number of anilines is 3. The van der Waals surface area contributed by atoms with Crippen LogP contribution in [0.4, 0.5) is 21.2 Å². The molecule has 14 heteroatoms. The van der Waals surface area contributed by atoms with Gasteiger partial charge in [-0.2, -0.15) is 0 Å². The first-order chi connectivity index (χ1) is 25.9. The van der Waals surface area contributed by atoms with Gasteiger partial charge in [0.05, 0.1) is 44.6 Å². The second kappa shape index (κ2) is 15.0. The number of likely N-dealkylation sites (tertiary alicyclic amines) is 1. The zero-order valence-electron chi connectivity index (χ0n) is 31.9. The van der Waals surface area contributed by atoms with Gasteiger partial charge in [0.1, 0.15) is 5.54 Å². The number of hydrogen-bond acceptors (Lipinski definition) is 9. The van der Waals surface area contributed by atoms with E-state index in [0.717, 1.165) is 12.1 Å². The molecule has 0 aliphatic carbocycles. The fourth-order valence-electron chi connectivity index (χ4n) is 10.1. The molecular weight excluding hydrogens is 710 g/mol. The summed E-state index contributed by atoms with van der Waals surface area (Å²) in [5, 5.41) is 13.4. The Balaban J connectivity index is 1.28. The molecule has 2 aromatic rings. The van der Waals surface area contributed by atoms with Gasteiger partial charge in [0.15, 0.2) is 5.60 Å². The summed E-state index contributed by atoms with van der Waals surface area (Å²) in [6.07, 6.45) is 3.06. The van der Waals surface area contributed by atoms with Crippen LogP contribution in [0.1, 0.15) is 63.9 Å². The van der Waals surface area contributed by atoms with Crippen LogP contribution in [0.2, 0.25) is 18.6 Å². The van der Waals surface area contributed by atoms with Gasteiger partial charge in [0.25, 0.3) is 11.8 Å².